The molecule has 0 heterocycles. The van der Waals surface area contributed by atoms with E-state index in [9.17, 15) is 13.2 Å². The van der Waals surface area contributed by atoms with Gasteiger partial charge in [0, 0.05) is 6.04 Å². The van der Waals surface area contributed by atoms with Crippen molar-refractivity contribution in [2.75, 3.05) is 6.54 Å². The molecule has 0 spiro atoms. The second-order valence-electron chi connectivity index (χ2n) is 5.30. The molecule has 1 N–H and O–H groups in total. The van der Waals surface area contributed by atoms with Gasteiger partial charge in [0.2, 0.25) is 0 Å². The Labute approximate surface area is 113 Å². The fourth-order valence-electron chi connectivity index (χ4n) is 2.07. The Balaban J connectivity index is 2.64. The van der Waals surface area contributed by atoms with Gasteiger partial charge in [-0.15, -0.1) is 0 Å². The zero-order chi connectivity index (χ0) is 14.5. The minimum Gasteiger partial charge on any atom is -0.310 e. The van der Waals surface area contributed by atoms with Crippen molar-refractivity contribution in [3.63, 3.8) is 0 Å². The van der Waals surface area contributed by atoms with Gasteiger partial charge in [-0.1, -0.05) is 32.0 Å². The predicted octanol–water partition coefficient (Wildman–Crippen LogP) is 4.79. The van der Waals surface area contributed by atoms with Crippen molar-refractivity contribution in [3.05, 3.63) is 35.4 Å². The van der Waals surface area contributed by atoms with Gasteiger partial charge in [-0.3, -0.25) is 0 Å². The molecule has 0 saturated heterocycles. The first-order valence-electron chi connectivity index (χ1n) is 6.72. The summed E-state index contributed by atoms with van der Waals surface area (Å²) in [4.78, 5) is 0. The molecule has 1 aromatic carbocycles. The molecule has 19 heavy (non-hydrogen) atoms. The van der Waals surface area contributed by atoms with Crippen LogP contribution < -0.4 is 5.32 Å². The van der Waals surface area contributed by atoms with Crippen LogP contribution in [0.15, 0.2) is 24.3 Å². The maximum absolute atomic E-state index is 12.9. The van der Waals surface area contributed by atoms with Crippen LogP contribution >= 0.6 is 0 Å². The second kappa shape index (κ2) is 6.94. The first kappa shape index (κ1) is 16.0. The zero-order valence-electron chi connectivity index (χ0n) is 11.7. The first-order valence-corrected chi connectivity index (χ1v) is 6.72. The largest absolute Gasteiger partial charge is 0.416 e. The molecule has 1 unspecified atom stereocenters. The van der Waals surface area contributed by atoms with Crippen LogP contribution in [-0.2, 0) is 6.18 Å². The second-order valence-corrected chi connectivity index (χ2v) is 5.30. The Kier molecular flexibility index (Phi) is 5.85. The Morgan fingerprint density at radius 3 is 2.32 bits per heavy atom. The van der Waals surface area contributed by atoms with Crippen molar-refractivity contribution in [2.24, 2.45) is 5.92 Å². The Bertz CT molecular complexity index is 385. The average Bonchev–Trinajstić information content (AvgIpc) is 2.33. The number of rotatable bonds is 6. The molecule has 1 nitrogen and oxygen atoms in total. The lowest BCUT2D eigenvalue weighted by Gasteiger charge is -2.19. The summed E-state index contributed by atoms with van der Waals surface area (Å²) in [7, 11) is 0. The molecule has 0 aromatic heterocycles. The van der Waals surface area contributed by atoms with Crippen LogP contribution in [0.4, 0.5) is 13.2 Å². The Morgan fingerprint density at radius 2 is 1.74 bits per heavy atom. The number of hydrogen-bond acceptors (Lipinski definition) is 1. The van der Waals surface area contributed by atoms with E-state index in [0.29, 0.717) is 11.5 Å². The van der Waals surface area contributed by atoms with Crippen LogP contribution in [0.1, 0.15) is 50.8 Å². The number of nitrogens with one attached hydrogen (secondary N) is 1. The summed E-state index contributed by atoms with van der Waals surface area (Å²) in [6, 6.07) is 5.48. The molecule has 1 atom stereocenters. The fraction of sp³-hybridized carbons (Fsp3) is 0.600. The van der Waals surface area contributed by atoms with E-state index in [-0.39, 0.29) is 6.04 Å². The predicted molar refractivity (Wildman–Crippen MR) is 71.9 cm³/mol. The van der Waals surface area contributed by atoms with E-state index in [1.54, 1.807) is 19.1 Å². The van der Waals surface area contributed by atoms with Crippen LogP contribution in [0.5, 0.6) is 0 Å². The van der Waals surface area contributed by atoms with E-state index in [1.165, 1.54) is 6.07 Å². The third kappa shape index (κ3) is 5.23. The van der Waals surface area contributed by atoms with E-state index in [2.05, 4.69) is 19.2 Å². The maximum Gasteiger partial charge on any atom is 0.416 e. The quantitative estimate of drug-likeness (QED) is 0.735. The van der Waals surface area contributed by atoms with Gasteiger partial charge in [0.15, 0.2) is 0 Å². The molecule has 108 valence electrons. The molecule has 0 aliphatic carbocycles. The summed E-state index contributed by atoms with van der Waals surface area (Å²) >= 11 is 0. The van der Waals surface area contributed by atoms with Crippen molar-refractivity contribution in [1.29, 1.82) is 0 Å². The van der Waals surface area contributed by atoms with Gasteiger partial charge in [0.25, 0.3) is 0 Å². The van der Waals surface area contributed by atoms with Crippen LogP contribution in [0, 0.1) is 5.92 Å². The average molecular weight is 273 g/mol. The van der Waals surface area contributed by atoms with E-state index in [0.717, 1.165) is 25.5 Å². The number of alkyl halides is 3. The molecule has 0 bridgehead atoms. The zero-order valence-corrected chi connectivity index (χ0v) is 11.7. The van der Waals surface area contributed by atoms with Gasteiger partial charge in [-0.25, -0.2) is 0 Å². The van der Waals surface area contributed by atoms with Crippen molar-refractivity contribution < 1.29 is 13.2 Å². The van der Waals surface area contributed by atoms with Crippen molar-refractivity contribution in [2.45, 2.75) is 45.8 Å². The van der Waals surface area contributed by atoms with Gasteiger partial charge >= 0.3 is 6.18 Å². The summed E-state index contributed by atoms with van der Waals surface area (Å²) in [5.74, 6) is 0.625. The van der Waals surface area contributed by atoms with Crippen LogP contribution in [0.25, 0.3) is 0 Å². The number of benzene rings is 1. The molecular formula is C15H22F3N. The molecule has 0 aliphatic rings. The highest BCUT2D eigenvalue weighted by molar-refractivity contribution is 5.31. The van der Waals surface area contributed by atoms with Gasteiger partial charge in [-0.05, 0) is 43.9 Å². The molecule has 0 amide bonds. The summed E-state index contributed by atoms with van der Waals surface area (Å²) < 4.78 is 38.6. The number of halogens is 3. The van der Waals surface area contributed by atoms with Crippen LogP contribution in [0.2, 0.25) is 0 Å². The molecular weight excluding hydrogens is 251 g/mol. The molecule has 1 aromatic rings. The highest BCUT2D eigenvalue weighted by Gasteiger charge is 2.33. The van der Waals surface area contributed by atoms with Gasteiger partial charge in [0.1, 0.15) is 0 Å². The number of hydrogen-bond donors (Lipinski definition) is 1. The minimum absolute atomic E-state index is 0.287. The van der Waals surface area contributed by atoms with Crippen molar-refractivity contribution >= 4 is 0 Å². The van der Waals surface area contributed by atoms with E-state index in [1.807, 2.05) is 0 Å². The third-order valence-corrected chi connectivity index (χ3v) is 3.14. The maximum atomic E-state index is 12.9. The summed E-state index contributed by atoms with van der Waals surface area (Å²) in [6.45, 7) is 6.80. The highest BCUT2D eigenvalue weighted by Crippen LogP contribution is 2.34. The molecule has 0 saturated carbocycles. The van der Waals surface area contributed by atoms with Gasteiger partial charge < -0.3 is 5.32 Å². The lowest BCUT2D eigenvalue weighted by Crippen LogP contribution is -2.23. The molecule has 0 radical (unpaired) electrons. The fourth-order valence-corrected chi connectivity index (χ4v) is 2.07. The molecule has 0 fully saturated rings. The summed E-state index contributed by atoms with van der Waals surface area (Å²) in [5, 5.41) is 3.17. The molecule has 4 heteroatoms. The first-order chi connectivity index (χ1) is 8.82. The molecule has 0 aliphatic heterocycles. The van der Waals surface area contributed by atoms with Gasteiger partial charge in [-0.2, -0.15) is 13.2 Å². The third-order valence-electron chi connectivity index (χ3n) is 3.14. The molecule has 1 rings (SSSR count). The standard InChI is InChI=1S/C15H22F3N/c1-11(2)7-6-10-19-12(3)13-8-4-5-9-14(13)15(16,17)18/h4-5,8-9,11-12,19H,6-7,10H2,1-3H3. The summed E-state index contributed by atoms with van der Waals surface area (Å²) in [6.07, 6.45) is -2.22. The lowest BCUT2D eigenvalue weighted by molar-refractivity contribution is -0.138. The van der Waals surface area contributed by atoms with Gasteiger partial charge in [0.05, 0.1) is 5.56 Å². The monoisotopic (exact) mass is 273 g/mol. The lowest BCUT2D eigenvalue weighted by atomic mass is 10.0. The summed E-state index contributed by atoms with van der Waals surface area (Å²) in [5.41, 5.74) is -0.224. The topological polar surface area (TPSA) is 12.0 Å². The van der Waals surface area contributed by atoms with Crippen molar-refractivity contribution in [1.82, 2.24) is 5.32 Å². The normalized spacial score (nSPS) is 13.8. The Morgan fingerprint density at radius 1 is 1.11 bits per heavy atom. The smallest absolute Gasteiger partial charge is 0.310 e. The van der Waals surface area contributed by atoms with E-state index in [4.69, 9.17) is 0 Å². The highest BCUT2D eigenvalue weighted by atomic mass is 19.4. The van der Waals surface area contributed by atoms with Crippen LogP contribution in [-0.4, -0.2) is 6.54 Å². The van der Waals surface area contributed by atoms with Crippen molar-refractivity contribution in [3.8, 4) is 0 Å². The SMILES string of the molecule is CC(C)CCCNC(C)c1ccccc1C(F)(F)F. The van der Waals surface area contributed by atoms with E-state index >= 15 is 0 Å². The Hall–Kier alpha value is -1.03. The van der Waals surface area contributed by atoms with E-state index < -0.39 is 11.7 Å². The van der Waals surface area contributed by atoms with Crippen LogP contribution in [0.3, 0.4) is 0 Å². The minimum atomic E-state index is -4.29.